The lowest BCUT2D eigenvalue weighted by Crippen LogP contribution is -2.17. The first-order valence-corrected chi connectivity index (χ1v) is 27.7. The van der Waals surface area contributed by atoms with Crippen molar-refractivity contribution in [3.05, 3.63) is 252 Å². The van der Waals surface area contributed by atoms with Gasteiger partial charge in [-0.05, 0) is 224 Å². The maximum absolute atomic E-state index is 2.61. The first-order chi connectivity index (χ1) is 37.5. The second kappa shape index (κ2) is 14.8. The summed E-state index contributed by atoms with van der Waals surface area (Å²) in [5, 5.41) is 20.9. The summed E-state index contributed by atoms with van der Waals surface area (Å²) in [7, 11) is 0. The predicted molar refractivity (Wildman–Crippen MR) is 330 cm³/mol. The molecule has 0 radical (unpaired) electrons. The van der Waals surface area contributed by atoms with E-state index in [0.29, 0.717) is 0 Å². The largest absolute Gasteiger partial charge is 0.0616 e. The van der Waals surface area contributed by atoms with E-state index in [-0.39, 0.29) is 16.2 Å². The third-order valence-electron chi connectivity index (χ3n) is 19.4. The van der Waals surface area contributed by atoms with E-state index in [1.165, 1.54) is 175 Å². The van der Waals surface area contributed by atoms with E-state index in [1.54, 1.807) is 0 Å². The van der Waals surface area contributed by atoms with Crippen LogP contribution in [0.15, 0.2) is 218 Å². The molecule has 14 aromatic rings. The molecule has 0 N–H and O–H groups in total. The van der Waals surface area contributed by atoms with Gasteiger partial charge in [-0.15, -0.1) is 0 Å². The minimum atomic E-state index is -0.227. The van der Waals surface area contributed by atoms with Crippen molar-refractivity contribution in [2.45, 2.75) is 57.8 Å². The van der Waals surface area contributed by atoms with Gasteiger partial charge in [-0.1, -0.05) is 211 Å². The summed E-state index contributed by atoms with van der Waals surface area (Å²) in [4.78, 5) is 0. The second-order valence-corrected chi connectivity index (χ2v) is 24.2. The Balaban J connectivity index is 0.819. The standard InChI is InChI=1S/C77H54/c1-75(2)67-41-65-69(76(3,4)71-37-59(53-27-15-17-29-57(53)73(65)71)43-31-33-55-49-23-9-7-19-45(49)47-21-11-13-25-51(47)61(55)35-43)39-63(67)64-40-70-66(42-68(64)75)74-58-30-18-16-28-54(58)60(38-72(74)77(70,5)6)44-32-34-56-50-24-10-8-20-46(50)48-22-12-14-26-52(48)62(56)36-44/h7-42H,1-6H3. The van der Waals surface area contributed by atoms with Crippen LogP contribution in [0.2, 0.25) is 0 Å². The van der Waals surface area contributed by atoms with Crippen LogP contribution in [-0.2, 0) is 16.2 Å². The van der Waals surface area contributed by atoms with Crippen LogP contribution in [0.5, 0.6) is 0 Å². The summed E-state index contributed by atoms with van der Waals surface area (Å²) < 4.78 is 0. The first kappa shape index (κ1) is 43.4. The molecule has 0 saturated heterocycles. The fourth-order valence-corrected chi connectivity index (χ4v) is 15.5. The number of hydrogen-bond acceptors (Lipinski definition) is 0. The zero-order valence-corrected chi connectivity index (χ0v) is 44.3. The lowest BCUT2D eigenvalue weighted by molar-refractivity contribution is 0.649. The van der Waals surface area contributed by atoms with Gasteiger partial charge in [0, 0.05) is 16.2 Å². The van der Waals surface area contributed by atoms with Crippen LogP contribution in [-0.4, -0.2) is 0 Å². The van der Waals surface area contributed by atoms with Gasteiger partial charge in [0.2, 0.25) is 0 Å². The highest BCUT2D eigenvalue weighted by molar-refractivity contribution is 6.27. The SMILES string of the molecule is CC1(C)c2cc3c(cc2-c2cc4c(cc21)-c1c(cc(-c2ccc5c6ccccc6c6ccccc6c5c2)c2ccccc12)C4(C)C)C(C)(C)c1cc(-c2ccc4c5ccccc5c5ccccc5c4c2)c2ccccc2c1-3. The topological polar surface area (TPSA) is 0 Å². The molecular weight excluding hydrogens is 925 g/mol. The van der Waals surface area contributed by atoms with Crippen molar-refractivity contribution in [1.82, 2.24) is 0 Å². The van der Waals surface area contributed by atoms with Gasteiger partial charge in [0.25, 0.3) is 0 Å². The van der Waals surface area contributed by atoms with Crippen LogP contribution in [0.1, 0.15) is 74.9 Å². The van der Waals surface area contributed by atoms with Crippen molar-refractivity contribution in [3.63, 3.8) is 0 Å². The third-order valence-corrected chi connectivity index (χ3v) is 19.4. The van der Waals surface area contributed by atoms with Crippen LogP contribution in [0.4, 0.5) is 0 Å². The van der Waals surface area contributed by atoms with E-state index in [4.69, 9.17) is 0 Å². The quantitative estimate of drug-likeness (QED) is 0.151. The molecule has 17 rings (SSSR count). The van der Waals surface area contributed by atoms with Crippen LogP contribution in [0.25, 0.3) is 142 Å². The average Bonchev–Trinajstić information content (AvgIpc) is 4.03. The highest BCUT2D eigenvalue weighted by Crippen LogP contribution is 2.62. The average molecular weight is 979 g/mol. The zero-order chi connectivity index (χ0) is 51.4. The first-order valence-electron chi connectivity index (χ1n) is 27.7. The van der Waals surface area contributed by atoms with Crippen LogP contribution in [0, 0.1) is 0 Å². The Bertz CT molecular complexity index is 4670. The van der Waals surface area contributed by atoms with Crippen LogP contribution < -0.4 is 0 Å². The molecule has 0 fully saturated rings. The van der Waals surface area contributed by atoms with Crippen LogP contribution in [0.3, 0.4) is 0 Å². The van der Waals surface area contributed by atoms with Crippen molar-refractivity contribution in [2.75, 3.05) is 0 Å². The molecule has 0 aliphatic heterocycles. The molecule has 3 aliphatic carbocycles. The van der Waals surface area contributed by atoms with Crippen LogP contribution >= 0.6 is 0 Å². The monoisotopic (exact) mass is 978 g/mol. The van der Waals surface area contributed by atoms with Gasteiger partial charge in [-0.3, -0.25) is 0 Å². The summed E-state index contributed by atoms with van der Waals surface area (Å²) in [6.45, 7) is 14.8. The Morgan fingerprint density at radius 2 is 0.416 bits per heavy atom. The summed E-state index contributed by atoms with van der Waals surface area (Å²) in [5.41, 5.74) is 21.3. The predicted octanol–water partition coefficient (Wildman–Crippen LogP) is 21.2. The molecule has 14 aromatic carbocycles. The van der Waals surface area contributed by atoms with Crippen molar-refractivity contribution in [1.29, 1.82) is 0 Å². The van der Waals surface area contributed by atoms with E-state index in [1.807, 2.05) is 0 Å². The number of fused-ring (bicyclic) bond motifs is 25. The minimum Gasteiger partial charge on any atom is -0.0616 e. The number of rotatable bonds is 2. The van der Waals surface area contributed by atoms with Gasteiger partial charge in [-0.2, -0.15) is 0 Å². The van der Waals surface area contributed by atoms with Crippen molar-refractivity contribution in [3.8, 4) is 55.6 Å². The zero-order valence-electron chi connectivity index (χ0n) is 44.3. The molecule has 0 amide bonds. The summed E-state index contributed by atoms with van der Waals surface area (Å²) in [6.07, 6.45) is 0. The molecule has 0 heterocycles. The summed E-state index contributed by atoms with van der Waals surface area (Å²) in [6, 6.07) is 84.0. The van der Waals surface area contributed by atoms with Gasteiger partial charge >= 0.3 is 0 Å². The van der Waals surface area contributed by atoms with Gasteiger partial charge in [0.1, 0.15) is 0 Å². The number of benzene rings is 14. The smallest absolute Gasteiger partial charge is 0.0159 e. The Kier molecular flexibility index (Phi) is 8.32. The van der Waals surface area contributed by atoms with E-state index in [2.05, 4.69) is 260 Å². The fraction of sp³-hybridized carbons (Fsp3) is 0.117. The van der Waals surface area contributed by atoms with Crippen molar-refractivity contribution in [2.24, 2.45) is 0 Å². The highest BCUT2D eigenvalue weighted by atomic mass is 14.5. The molecule has 0 aromatic heterocycles. The molecule has 3 aliphatic rings. The van der Waals surface area contributed by atoms with E-state index < -0.39 is 0 Å². The molecule has 0 heteroatoms. The Hall–Kier alpha value is -8.84. The second-order valence-electron chi connectivity index (χ2n) is 24.2. The fourth-order valence-electron chi connectivity index (χ4n) is 15.5. The molecule has 0 spiro atoms. The molecule has 0 bridgehead atoms. The highest BCUT2D eigenvalue weighted by Gasteiger charge is 2.45. The van der Waals surface area contributed by atoms with Gasteiger partial charge in [0.15, 0.2) is 0 Å². The van der Waals surface area contributed by atoms with Gasteiger partial charge in [0.05, 0.1) is 0 Å². The van der Waals surface area contributed by atoms with E-state index >= 15 is 0 Å². The molecule has 0 nitrogen and oxygen atoms in total. The normalized spacial score (nSPS) is 15.2. The Morgan fingerprint density at radius 3 is 0.753 bits per heavy atom. The maximum Gasteiger partial charge on any atom is 0.0159 e. The molecule has 0 atom stereocenters. The van der Waals surface area contributed by atoms with E-state index in [0.717, 1.165) is 0 Å². The summed E-state index contributed by atoms with van der Waals surface area (Å²) >= 11 is 0. The maximum atomic E-state index is 2.61. The molecule has 0 unspecified atom stereocenters. The lowest BCUT2D eigenvalue weighted by atomic mass is 9.78. The van der Waals surface area contributed by atoms with Crippen molar-refractivity contribution < 1.29 is 0 Å². The number of hydrogen-bond donors (Lipinski definition) is 0. The summed E-state index contributed by atoms with van der Waals surface area (Å²) in [5.74, 6) is 0. The molecular formula is C77H54. The van der Waals surface area contributed by atoms with Gasteiger partial charge in [-0.25, -0.2) is 0 Å². The van der Waals surface area contributed by atoms with Crippen molar-refractivity contribution >= 4 is 86.2 Å². The molecule has 77 heavy (non-hydrogen) atoms. The Labute approximate surface area is 448 Å². The minimum absolute atomic E-state index is 0.212. The lowest BCUT2D eigenvalue weighted by Gasteiger charge is -2.25. The van der Waals surface area contributed by atoms with E-state index in [9.17, 15) is 0 Å². The van der Waals surface area contributed by atoms with Gasteiger partial charge < -0.3 is 0 Å². The molecule has 0 saturated carbocycles. The molecule has 362 valence electrons. The Morgan fingerprint density at radius 1 is 0.182 bits per heavy atom. The third kappa shape index (κ3) is 5.53.